The van der Waals surface area contributed by atoms with Gasteiger partial charge in [-0.05, 0) is 25.5 Å². The summed E-state index contributed by atoms with van der Waals surface area (Å²) in [5.41, 5.74) is 2.14. The van der Waals surface area contributed by atoms with Crippen LogP contribution >= 0.6 is 11.3 Å². The number of nitrogens with zero attached hydrogens (tertiary/aromatic N) is 3. The highest BCUT2D eigenvalue weighted by molar-refractivity contribution is 7.14. The standard InChI is InChI=1S/C14H14N4S/c1-8-5-4-6-10-12(8)17-14(18-13(10)15-3)11-7-16-9(2)19-11/h4-7H,1-3H3,(H,15,17,18). The number of hydrogen-bond donors (Lipinski definition) is 1. The minimum Gasteiger partial charge on any atom is -0.373 e. The van der Waals surface area contributed by atoms with Gasteiger partial charge in [-0.3, -0.25) is 0 Å². The number of nitrogens with one attached hydrogen (secondary N) is 1. The molecule has 3 aromatic rings. The lowest BCUT2D eigenvalue weighted by atomic mass is 10.1. The van der Waals surface area contributed by atoms with Gasteiger partial charge in [-0.15, -0.1) is 11.3 Å². The van der Waals surface area contributed by atoms with Gasteiger partial charge in [-0.25, -0.2) is 15.0 Å². The molecule has 4 nitrogen and oxygen atoms in total. The monoisotopic (exact) mass is 270 g/mol. The first-order valence-corrected chi connectivity index (χ1v) is 6.88. The molecule has 0 fully saturated rings. The third-order valence-electron chi connectivity index (χ3n) is 3.01. The zero-order chi connectivity index (χ0) is 13.4. The van der Waals surface area contributed by atoms with Crippen molar-refractivity contribution in [1.29, 1.82) is 0 Å². The lowest BCUT2D eigenvalue weighted by Gasteiger charge is -2.08. The first-order valence-electron chi connectivity index (χ1n) is 6.07. The van der Waals surface area contributed by atoms with Crippen LogP contribution in [-0.4, -0.2) is 22.0 Å². The Bertz CT molecular complexity index is 748. The van der Waals surface area contributed by atoms with E-state index in [1.165, 1.54) is 0 Å². The molecule has 0 aliphatic rings. The van der Waals surface area contributed by atoms with Crippen molar-refractivity contribution < 1.29 is 0 Å². The quantitative estimate of drug-likeness (QED) is 0.775. The zero-order valence-electron chi connectivity index (χ0n) is 11.1. The molecule has 5 heteroatoms. The number of rotatable bonds is 2. The van der Waals surface area contributed by atoms with Crippen molar-refractivity contribution in [2.75, 3.05) is 12.4 Å². The fourth-order valence-electron chi connectivity index (χ4n) is 2.06. The molecule has 3 rings (SSSR count). The van der Waals surface area contributed by atoms with E-state index >= 15 is 0 Å². The molecule has 0 saturated carbocycles. The van der Waals surface area contributed by atoms with E-state index in [0.717, 1.165) is 38.0 Å². The molecule has 0 saturated heterocycles. The van der Waals surface area contributed by atoms with Crippen molar-refractivity contribution in [3.63, 3.8) is 0 Å². The van der Waals surface area contributed by atoms with Gasteiger partial charge in [0.15, 0.2) is 5.82 Å². The Morgan fingerprint density at radius 1 is 1.16 bits per heavy atom. The Morgan fingerprint density at radius 2 is 2.00 bits per heavy atom. The summed E-state index contributed by atoms with van der Waals surface area (Å²) in [6, 6.07) is 6.13. The molecule has 96 valence electrons. The molecule has 0 aliphatic heterocycles. The summed E-state index contributed by atoms with van der Waals surface area (Å²) in [6.07, 6.45) is 1.83. The number of aromatic nitrogens is 3. The highest BCUT2D eigenvalue weighted by Crippen LogP contribution is 2.29. The van der Waals surface area contributed by atoms with Crippen LogP contribution in [0.5, 0.6) is 0 Å². The average Bonchev–Trinajstić information content (AvgIpc) is 2.85. The average molecular weight is 270 g/mol. The lowest BCUT2D eigenvalue weighted by molar-refractivity contribution is 1.21. The Morgan fingerprint density at radius 3 is 2.68 bits per heavy atom. The third kappa shape index (κ3) is 2.06. The van der Waals surface area contributed by atoms with Crippen LogP contribution in [0.2, 0.25) is 0 Å². The fraction of sp³-hybridized carbons (Fsp3) is 0.214. The van der Waals surface area contributed by atoms with Crippen molar-refractivity contribution in [3.8, 4) is 10.7 Å². The zero-order valence-corrected chi connectivity index (χ0v) is 11.9. The molecule has 0 aliphatic carbocycles. The summed E-state index contributed by atoms with van der Waals surface area (Å²) in [5, 5.41) is 5.22. The Labute approximate surface area is 115 Å². The van der Waals surface area contributed by atoms with E-state index in [9.17, 15) is 0 Å². The van der Waals surface area contributed by atoms with Gasteiger partial charge in [0.05, 0.1) is 15.4 Å². The van der Waals surface area contributed by atoms with Gasteiger partial charge in [-0.1, -0.05) is 12.1 Å². The van der Waals surface area contributed by atoms with E-state index < -0.39 is 0 Å². The molecule has 0 bridgehead atoms. The van der Waals surface area contributed by atoms with Crippen LogP contribution in [0, 0.1) is 13.8 Å². The van der Waals surface area contributed by atoms with E-state index in [0.29, 0.717) is 0 Å². The fourth-order valence-corrected chi connectivity index (χ4v) is 2.77. The molecule has 0 atom stereocenters. The van der Waals surface area contributed by atoms with E-state index in [4.69, 9.17) is 0 Å². The van der Waals surface area contributed by atoms with Crippen molar-refractivity contribution >= 4 is 28.1 Å². The number of fused-ring (bicyclic) bond motifs is 1. The number of anilines is 1. The number of para-hydroxylation sites is 1. The largest absolute Gasteiger partial charge is 0.373 e. The summed E-state index contributed by atoms with van der Waals surface area (Å²) >= 11 is 1.61. The highest BCUT2D eigenvalue weighted by Gasteiger charge is 2.11. The van der Waals surface area contributed by atoms with Crippen LogP contribution in [-0.2, 0) is 0 Å². The molecule has 19 heavy (non-hydrogen) atoms. The van der Waals surface area contributed by atoms with Gasteiger partial charge in [0.2, 0.25) is 0 Å². The predicted molar refractivity (Wildman–Crippen MR) is 79.7 cm³/mol. The van der Waals surface area contributed by atoms with Gasteiger partial charge < -0.3 is 5.32 Å². The normalized spacial score (nSPS) is 10.9. The Kier molecular flexibility index (Phi) is 2.91. The summed E-state index contributed by atoms with van der Waals surface area (Å²) in [5.74, 6) is 1.59. The maximum Gasteiger partial charge on any atom is 0.173 e. The molecule has 1 aromatic carbocycles. The van der Waals surface area contributed by atoms with Crippen LogP contribution in [0.25, 0.3) is 21.6 Å². The van der Waals surface area contributed by atoms with Gasteiger partial charge in [-0.2, -0.15) is 0 Å². The van der Waals surface area contributed by atoms with Crippen molar-refractivity contribution in [1.82, 2.24) is 15.0 Å². The molecular weight excluding hydrogens is 256 g/mol. The van der Waals surface area contributed by atoms with Crippen molar-refractivity contribution in [3.05, 3.63) is 35.0 Å². The highest BCUT2D eigenvalue weighted by atomic mass is 32.1. The minimum atomic E-state index is 0.733. The lowest BCUT2D eigenvalue weighted by Crippen LogP contribution is -1.99. The van der Waals surface area contributed by atoms with E-state index in [1.54, 1.807) is 11.3 Å². The molecule has 2 aromatic heterocycles. The predicted octanol–water partition coefficient (Wildman–Crippen LogP) is 3.41. The van der Waals surface area contributed by atoms with Crippen molar-refractivity contribution in [2.45, 2.75) is 13.8 Å². The Hall–Kier alpha value is -2.01. The smallest absolute Gasteiger partial charge is 0.173 e. The number of aryl methyl sites for hydroxylation is 2. The van der Waals surface area contributed by atoms with Gasteiger partial charge >= 0.3 is 0 Å². The molecule has 1 N–H and O–H groups in total. The van der Waals surface area contributed by atoms with E-state index in [-0.39, 0.29) is 0 Å². The molecular formula is C14H14N4S. The SMILES string of the molecule is CNc1nc(-c2cnc(C)s2)nc2c(C)cccc12. The molecule has 0 amide bonds. The second kappa shape index (κ2) is 4.59. The van der Waals surface area contributed by atoms with Gasteiger partial charge in [0, 0.05) is 18.6 Å². The van der Waals surface area contributed by atoms with Crippen LogP contribution in [0.15, 0.2) is 24.4 Å². The van der Waals surface area contributed by atoms with E-state index in [1.807, 2.05) is 32.3 Å². The molecule has 2 heterocycles. The summed E-state index contributed by atoms with van der Waals surface area (Å²) in [7, 11) is 1.88. The van der Waals surface area contributed by atoms with Crippen LogP contribution < -0.4 is 5.32 Å². The number of thiazole rings is 1. The van der Waals surface area contributed by atoms with Gasteiger partial charge in [0.25, 0.3) is 0 Å². The second-order valence-electron chi connectivity index (χ2n) is 4.36. The van der Waals surface area contributed by atoms with Crippen LogP contribution in [0.3, 0.4) is 0 Å². The minimum absolute atomic E-state index is 0.733. The second-order valence-corrected chi connectivity index (χ2v) is 5.60. The van der Waals surface area contributed by atoms with Crippen molar-refractivity contribution in [2.24, 2.45) is 0 Å². The topological polar surface area (TPSA) is 50.7 Å². The van der Waals surface area contributed by atoms with E-state index in [2.05, 4.69) is 33.3 Å². The molecule has 0 spiro atoms. The number of benzene rings is 1. The maximum atomic E-state index is 4.69. The van der Waals surface area contributed by atoms with Gasteiger partial charge in [0.1, 0.15) is 5.82 Å². The number of hydrogen-bond acceptors (Lipinski definition) is 5. The first-order chi connectivity index (χ1) is 9.19. The molecule has 0 unspecified atom stereocenters. The molecule has 0 radical (unpaired) electrons. The van der Waals surface area contributed by atoms with Crippen LogP contribution in [0.1, 0.15) is 10.6 Å². The summed E-state index contributed by atoms with van der Waals surface area (Å²) < 4.78 is 0. The first kappa shape index (κ1) is 12.0. The third-order valence-corrected chi connectivity index (χ3v) is 3.92. The summed E-state index contributed by atoms with van der Waals surface area (Å²) in [6.45, 7) is 4.05. The maximum absolute atomic E-state index is 4.69. The summed E-state index contributed by atoms with van der Waals surface area (Å²) in [4.78, 5) is 14.5. The Balaban J connectivity index is 2.30. The van der Waals surface area contributed by atoms with Crippen LogP contribution in [0.4, 0.5) is 5.82 Å².